The number of carbonyl (C=O) groups is 1. The summed E-state index contributed by atoms with van der Waals surface area (Å²) >= 11 is 3.90. The molecule has 0 aliphatic heterocycles. The van der Waals surface area contributed by atoms with Crippen LogP contribution in [0.5, 0.6) is 0 Å². The highest BCUT2D eigenvalue weighted by Gasteiger charge is 2.09. The molecule has 60 valence electrons. The molecule has 0 radical (unpaired) electrons. The minimum absolute atomic E-state index is 0.254. The smallest absolute Gasteiger partial charge is 0.347 e. The van der Waals surface area contributed by atoms with Crippen molar-refractivity contribution in [3.63, 3.8) is 0 Å². The maximum Gasteiger partial charge on any atom is 0.347 e. The number of rotatable bonds is 3. The molecule has 0 atom stereocenters. The van der Waals surface area contributed by atoms with Gasteiger partial charge in [0.25, 0.3) is 0 Å². The second kappa shape index (κ2) is 4.80. The Morgan fingerprint density at radius 2 is 2.27 bits per heavy atom. The molecule has 0 spiro atoms. The molecule has 0 amide bonds. The van der Waals surface area contributed by atoms with Crippen LogP contribution in [0.1, 0.15) is 19.8 Å². The van der Waals surface area contributed by atoms with Crippen LogP contribution in [0.3, 0.4) is 0 Å². The van der Waals surface area contributed by atoms with Crippen LogP contribution in [0.25, 0.3) is 0 Å². The Morgan fingerprint density at radius 1 is 1.73 bits per heavy atom. The van der Waals surface area contributed by atoms with Crippen molar-refractivity contribution in [2.45, 2.75) is 19.8 Å². The van der Waals surface area contributed by atoms with E-state index in [1.807, 2.05) is 6.92 Å². The van der Waals surface area contributed by atoms with Crippen molar-refractivity contribution >= 4 is 18.6 Å². The molecule has 0 aliphatic rings. The van der Waals surface area contributed by atoms with E-state index in [4.69, 9.17) is 10.4 Å². The van der Waals surface area contributed by atoms with Gasteiger partial charge in [0.2, 0.25) is 0 Å². The van der Waals surface area contributed by atoms with Crippen molar-refractivity contribution in [2.24, 2.45) is 0 Å². The molecular formula is C7H9NO2S. The highest BCUT2D eigenvalue weighted by Crippen LogP contribution is 2.14. The molecule has 0 aromatic carbocycles. The second-order valence-electron chi connectivity index (χ2n) is 1.99. The number of thiol groups is 1. The quantitative estimate of drug-likeness (QED) is 0.385. The van der Waals surface area contributed by atoms with Crippen molar-refractivity contribution in [1.82, 2.24) is 0 Å². The van der Waals surface area contributed by atoms with Gasteiger partial charge in [-0.15, -0.1) is 12.6 Å². The summed E-state index contributed by atoms with van der Waals surface area (Å²) < 4.78 is 0. The molecule has 11 heavy (non-hydrogen) atoms. The maximum absolute atomic E-state index is 10.3. The Morgan fingerprint density at radius 3 is 2.55 bits per heavy atom. The summed E-state index contributed by atoms with van der Waals surface area (Å²) in [5.41, 5.74) is -0.254. The summed E-state index contributed by atoms with van der Waals surface area (Å²) in [5.74, 6) is -1.20. The van der Waals surface area contributed by atoms with E-state index in [1.165, 1.54) is 0 Å². The third-order valence-electron chi connectivity index (χ3n) is 1.10. The SMILES string of the molecule is CCC/C(S)=C(/C#N)C(=O)O. The Balaban J connectivity index is 4.58. The maximum atomic E-state index is 10.3. The first-order valence-electron chi connectivity index (χ1n) is 3.19. The van der Waals surface area contributed by atoms with Crippen LogP contribution in [-0.4, -0.2) is 11.1 Å². The first-order valence-corrected chi connectivity index (χ1v) is 3.63. The number of carboxylic acid groups (broad SMARTS) is 1. The monoisotopic (exact) mass is 171 g/mol. The fourth-order valence-corrected chi connectivity index (χ4v) is 0.967. The summed E-state index contributed by atoms with van der Waals surface area (Å²) in [6.07, 6.45) is 1.33. The van der Waals surface area contributed by atoms with E-state index < -0.39 is 5.97 Å². The zero-order chi connectivity index (χ0) is 8.85. The Bertz CT molecular complexity index is 227. The van der Waals surface area contributed by atoms with Crippen molar-refractivity contribution < 1.29 is 9.90 Å². The first kappa shape index (κ1) is 10.0. The number of carboxylic acids is 1. The van der Waals surface area contributed by atoms with Gasteiger partial charge in [0.15, 0.2) is 0 Å². The molecule has 0 aliphatic carbocycles. The Hall–Kier alpha value is -0.950. The predicted molar refractivity (Wildman–Crippen MR) is 44.2 cm³/mol. The van der Waals surface area contributed by atoms with E-state index in [1.54, 1.807) is 6.07 Å². The molecule has 0 saturated heterocycles. The lowest BCUT2D eigenvalue weighted by atomic mass is 10.2. The molecule has 0 heterocycles. The molecule has 0 fully saturated rings. The van der Waals surface area contributed by atoms with Gasteiger partial charge in [0.1, 0.15) is 11.6 Å². The van der Waals surface area contributed by atoms with E-state index >= 15 is 0 Å². The van der Waals surface area contributed by atoms with Gasteiger partial charge < -0.3 is 5.11 Å². The number of nitrogens with zero attached hydrogens (tertiary/aromatic N) is 1. The average molecular weight is 171 g/mol. The van der Waals surface area contributed by atoms with Crippen molar-refractivity contribution in [3.05, 3.63) is 10.5 Å². The lowest BCUT2D eigenvalue weighted by Crippen LogP contribution is -2.00. The average Bonchev–Trinajstić information content (AvgIpc) is 1.88. The van der Waals surface area contributed by atoms with Gasteiger partial charge in [0, 0.05) is 4.91 Å². The van der Waals surface area contributed by atoms with E-state index in [0.717, 1.165) is 6.42 Å². The number of nitriles is 1. The standard InChI is InChI=1S/C7H9NO2S/c1-2-3-6(11)5(4-8)7(9)10/h11H,2-3H2,1H3,(H,9,10)/b6-5+. The molecular weight excluding hydrogens is 162 g/mol. The van der Waals surface area contributed by atoms with E-state index in [-0.39, 0.29) is 5.57 Å². The Labute approximate surface area is 70.7 Å². The van der Waals surface area contributed by atoms with Gasteiger partial charge in [-0.05, 0) is 6.42 Å². The fourth-order valence-electron chi connectivity index (χ4n) is 0.598. The molecule has 0 aromatic heterocycles. The van der Waals surface area contributed by atoms with Crippen LogP contribution in [0.2, 0.25) is 0 Å². The molecule has 4 heteroatoms. The minimum Gasteiger partial charge on any atom is -0.477 e. The lowest BCUT2D eigenvalue weighted by Gasteiger charge is -1.96. The fraction of sp³-hybridized carbons (Fsp3) is 0.429. The number of allylic oxidation sites excluding steroid dienone is 1. The van der Waals surface area contributed by atoms with Crippen LogP contribution in [0.4, 0.5) is 0 Å². The van der Waals surface area contributed by atoms with Crippen molar-refractivity contribution in [3.8, 4) is 6.07 Å². The zero-order valence-corrected chi connectivity index (χ0v) is 7.06. The molecule has 3 nitrogen and oxygen atoms in total. The first-order chi connectivity index (χ1) is 5.13. The summed E-state index contributed by atoms with van der Waals surface area (Å²) in [6.45, 7) is 1.90. The minimum atomic E-state index is -1.20. The van der Waals surface area contributed by atoms with Crippen molar-refractivity contribution in [1.29, 1.82) is 5.26 Å². The van der Waals surface area contributed by atoms with Crippen molar-refractivity contribution in [2.75, 3.05) is 0 Å². The molecule has 1 N–H and O–H groups in total. The second-order valence-corrected chi connectivity index (χ2v) is 2.53. The largest absolute Gasteiger partial charge is 0.477 e. The predicted octanol–water partition coefficient (Wildman–Crippen LogP) is 1.58. The van der Waals surface area contributed by atoms with E-state index in [0.29, 0.717) is 11.3 Å². The molecule has 0 bridgehead atoms. The zero-order valence-electron chi connectivity index (χ0n) is 6.16. The normalized spacial score (nSPS) is 11.7. The summed E-state index contributed by atoms with van der Waals surface area (Å²) in [6, 6.07) is 1.59. The molecule has 0 aromatic rings. The third kappa shape index (κ3) is 3.10. The van der Waals surface area contributed by atoms with Gasteiger partial charge in [-0.2, -0.15) is 5.26 Å². The summed E-state index contributed by atoms with van der Waals surface area (Å²) in [4.78, 5) is 10.7. The Kier molecular flexibility index (Phi) is 4.39. The number of hydrogen-bond donors (Lipinski definition) is 2. The van der Waals surface area contributed by atoms with Gasteiger partial charge in [-0.3, -0.25) is 0 Å². The van der Waals surface area contributed by atoms with Gasteiger partial charge >= 0.3 is 5.97 Å². The highest BCUT2D eigenvalue weighted by atomic mass is 32.1. The van der Waals surface area contributed by atoms with Crippen LogP contribution >= 0.6 is 12.6 Å². The van der Waals surface area contributed by atoms with Crippen LogP contribution < -0.4 is 0 Å². The molecule has 0 saturated carbocycles. The van der Waals surface area contributed by atoms with Crippen LogP contribution in [0, 0.1) is 11.3 Å². The van der Waals surface area contributed by atoms with E-state index in [2.05, 4.69) is 12.6 Å². The van der Waals surface area contributed by atoms with Gasteiger partial charge in [-0.25, -0.2) is 4.79 Å². The van der Waals surface area contributed by atoms with E-state index in [9.17, 15) is 4.79 Å². The number of hydrogen-bond acceptors (Lipinski definition) is 3. The summed E-state index contributed by atoms with van der Waals surface area (Å²) in [7, 11) is 0. The molecule has 0 rings (SSSR count). The lowest BCUT2D eigenvalue weighted by molar-refractivity contribution is -0.132. The van der Waals surface area contributed by atoms with Crippen LogP contribution in [-0.2, 0) is 4.79 Å². The topological polar surface area (TPSA) is 61.1 Å². The van der Waals surface area contributed by atoms with Gasteiger partial charge in [0.05, 0.1) is 0 Å². The highest BCUT2D eigenvalue weighted by molar-refractivity contribution is 7.84. The third-order valence-corrected chi connectivity index (χ3v) is 1.55. The summed E-state index contributed by atoms with van der Waals surface area (Å²) in [5, 5.41) is 16.8. The molecule has 0 unspecified atom stereocenters. The van der Waals surface area contributed by atoms with Crippen LogP contribution in [0.15, 0.2) is 10.5 Å². The van der Waals surface area contributed by atoms with Gasteiger partial charge in [-0.1, -0.05) is 13.3 Å². The number of aliphatic carboxylic acids is 1.